The summed E-state index contributed by atoms with van der Waals surface area (Å²) in [6, 6.07) is 3.50. The Labute approximate surface area is 114 Å². The van der Waals surface area contributed by atoms with E-state index in [1.807, 2.05) is 11.5 Å². The van der Waals surface area contributed by atoms with Gasteiger partial charge in [0.15, 0.2) is 5.41 Å². The van der Waals surface area contributed by atoms with Gasteiger partial charge in [0.1, 0.15) is 0 Å². The molecule has 2 N–H and O–H groups in total. The molecule has 20 heavy (non-hydrogen) atoms. The molecule has 7 heteroatoms. The van der Waals surface area contributed by atoms with E-state index in [1.54, 1.807) is 18.3 Å². The first-order valence-electron chi connectivity index (χ1n) is 6.47. The SMILES string of the molecule is CCn1cccc1C[C@@H]1CNC[C@]1(C(=O)O)C(F)(F)F. The molecule has 2 heterocycles. The van der Waals surface area contributed by atoms with Gasteiger partial charge >= 0.3 is 12.1 Å². The van der Waals surface area contributed by atoms with Gasteiger partial charge in [-0.3, -0.25) is 4.79 Å². The van der Waals surface area contributed by atoms with E-state index < -0.39 is 30.0 Å². The zero-order valence-corrected chi connectivity index (χ0v) is 11.1. The molecule has 2 rings (SSSR count). The number of aryl methyl sites for hydroxylation is 1. The molecule has 0 bridgehead atoms. The van der Waals surface area contributed by atoms with Crippen LogP contribution < -0.4 is 5.32 Å². The van der Waals surface area contributed by atoms with E-state index >= 15 is 0 Å². The lowest BCUT2D eigenvalue weighted by molar-refractivity contribution is -0.236. The molecular weight excluding hydrogens is 273 g/mol. The summed E-state index contributed by atoms with van der Waals surface area (Å²) in [5.41, 5.74) is -1.97. The van der Waals surface area contributed by atoms with Gasteiger partial charge in [0.25, 0.3) is 0 Å². The van der Waals surface area contributed by atoms with E-state index in [9.17, 15) is 18.0 Å². The van der Waals surface area contributed by atoms with Gasteiger partial charge in [0.2, 0.25) is 0 Å². The quantitative estimate of drug-likeness (QED) is 0.890. The van der Waals surface area contributed by atoms with E-state index in [4.69, 9.17) is 5.11 Å². The van der Waals surface area contributed by atoms with Crippen LogP contribution in [0.25, 0.3) is 0 Å². The van der Waals surface area contributed by atoms with Crippen molar-refractivity contribution in [2.24, 2.45) is 11.3 Å². The Balaban J connectivity index is 2.33. The molecular formula is C13H17F3N2O2. The molecule has 1 aromatic heterocycles. The van der Waals surface area contributed by atoms with Crippen LogP contribution in [0.5, 0.6) is 0 Å². The molecule has 0 aliphatic carbocycles. The molecule has 1 aromatic rings. The second kappa shape index (κ2) is 5.12. The van der Waals surface area contributed by atoms with Crippen molar-refractivity contribution in [1.82, 2.24) is 9.88 Å². The molecule has 1 fully saturated rings. The Morgan fingerprint density at radius 1 is 1.60 bits per heavy atom. The number of aromatic nitrogens is 1. The topological polar surface area (TPSA) is 54.3 Å². The van der Waals surface area contributed by atoms with Crippen molar-refractivity contribution in [2.75, 3.05) is 13.1 Å². The summed E-state index contributed by atoms with van der Waals surface area (Å²) in [5, 5.41) is 11.7. The Morgan fingerprint density at radius 3 is 2.85 bits per heavy atom. The van der Waals surface area contributed by atoms with Crippen LogP contribution in [0, 0.1) is 11.3 Å². The maximum Gasteiger partial charge on any atom is 0.406 e. The second-order valence-electron chi connectivity index (χ2n) is 5.09. The minimum absolute atomic E-state index is 0.0563. The summed E-state index contributed by atoms with van der Waals surface area (Å²) in [4.78, 5) is 11.3. The molecule has 0 radical (unpaired) electrons. The highest BCUT2D eigenvalue weighted by Crippen LogP contribution is 2.47. The summed E-state index contributed by atoms with van der Waals surface area (Å²) in [5.74, 6) is -2.80. The van der Waals surface area contributed by atoms with Crippen LogP contribution in [0.15, 0.2) is 18.3 Å². The zero-order chi connectivity index (χ0) is 15.0. The predicted molar refractivity (Wildman–Crippen MR) is 66.3 cm³/mol. The standard InChI is InChI=1S/C13H17F3N2O2/c1-2-18-5-3-4-10(18)6-9-7-17-8-12(9,11(19)20)13(14,15)16/h3-5,9,17H,2,6-8H2,1H3,(H,19,20)/t9-,12+/m1/s1. The molecule has 112 valence electrons. The van der Waals surface area contributed by atoms with Crippen molar-refractivity contribution in [3.05, 3.63) is 24.0 Å². The van der Waals surface area contributed by atoms with Crippen molar-refractivity contribution < 1.29 is 23.1 Å². The summed E-state index contributed by atoms with van der Waals surface area (Å²) in [6.45, 7) is 2.03. The molecule has 0 saturated carbocycles. The number of hydrogen-bond acceptors (Lipinski definition) is 2. The third-order valence-corrected chi connectivity index (χ3v) is 4.10. The molecule has 0 aromatic carbocycles. The summed E-state index contributed by atoms with van der Waals surface area (Å²) in [6.07, 6.45) is -2.88. The molecule has 0 spiro atoms. The van der Waals surface area contributed by atoms with E-state index in [2.05, 4.69) is 5.32 Å². The lowest BCUT2D eigenvalue weighted by atomic mass is 9.75. The smallest absolute Gasteiger partial charge is 0.406 e. The van der Waals surface area contributed by atoms with Crippen LogP contribution >= 0.6 is 0 Å². The van der Waals surface area contributed by atoms with E-state index in [1.165, 1.54) is 0 Å². The summed E-state index contributed by atoms with van der Waals surface area (Å²) >= 11 is 0. The fraction of sp³-hybridized carbons (Fsp3) is 0.615. The number of nitrogens with zero attached hydrogens (tertiary/aromatic N) is 1. The molecule has 0 amide bonds. The number of carboxylic acids is 1. The first kappa shape index (κ1) is 14.9. The highest BCUT2D eigenvalue weighted by molar-refractivity contribution is 5.77. The highest BCUT2D eigenvalue weighted by Gasteiger charge is 2.66. The number of carboxylic acid groups (broad SMARTS) is 1. The second-order valence-corrected chi connectivity index (χ2v) is 5.09. The third-order valence-electron chi connectivity index (χ3n) is 4.10. The average Bonchev–Trinajstić information content (AvgIpc) is 2.95. The minimum atomic E-state index is -4.77. The Hall–Kier alpha value is -1.50. The zero-order valence-electron chi connectivity index (χ0n) is 11.1. The molecule has 4 nitrogen and oxygen atoms in total. The first-order valence-corrected chi connectivity index (χ1v) is 6.47. The molecule has 0 unspecified atom stereocenters. The maximum atomic E-state index is 13.3. The van der Waals surface area contributed by atoms with Crippen molar-refractivity contribution in [2.45, 2.75) is 26.1 Å². The fourth-order valence-electron chi connectivity index (χ4n) is 2.91. The van der Waals surface area contributed by atoms with E-state index in [0.717, 1.165) is 5.69 Å². The largest absolute Gasteiger partial charge is 0.481 e. The average molecular weight is 290 g/mol. The van der Waals surface area contributed by atoms with E-state index in [0.29, 0.717) is 6.54 Å². The summed E-state index contributed by atoms with van der Waals surface area (Å²) < 4.78 is 41.7. The Kier molecular flexibility index (Phi) is 3.82. The van der Waals surface area contributed by atoms with Gasteiger partial charge in [-0.25, -0.2) is 0 Å². The maximum absolute atomic E-state index is 13.3. The number of hydrogen-bond donors (Lipinski definition) is 2. The van der Waals surface area contributed by atoms with Crippen LogP contribution in [0.2, 0.25) is 0 Å². The number of nitrogens with one attached hydrogen (secondary N) is 1. The van der Waals surface area contributed by atoms with Gasteiger partial charge in [0, 0.05) is 30.9 Å². The number of halogens is 3. The number of alkyl halides is 3. The molecule has 1 saturated heterocycles. The van der Waals surface area contributed by atoms with Crippen LogP contribution in [-0.4, -0.2) is 34.9 Å². The van der Waals surface area contributed by atoms with Gasteiger partial charge in [0.05, 0.1) is 0 Å². The number of aliphatic carboxylic acids is 1. The normalized spacial score (nSPS) is 26.9. The van der Waals surface area contributed by atoms with Crippen LogP contribution in [-0.2, 0) is 17.8 Å². The Morgan fingerprint density at radius 2 is 2.30 bits per heavy atom. The summed E-state index contributed by atoms with van der Waals surface area (Å²) in [7, 11) is 0. The van der Waals surface area contributed by atoms with Crippen molar-refractivity contribution in [1.29, 1.82) is 0 Å². The lowest BCUT2D eigenvalue weighted by Gasteiger charge is -2.32. The number of rotatable bonds is 4. The van der Waals surface area contributed by atoms with Gasteiger partial charge in [-0.15, -0.1) is 0 Å². The van der Waals surface area contributed by atoms with Crippen molar-refractivity contribution >= 4 is 5.97 Å². The van der Waals surface area contributed by atoms with Gasteiger partial charge < -0.3 is 15.0 Å². The van der Waals surface area contributed by atoms with Crippen LogP contribution in [0.1, 0.15) is 12.6 Å². The predicted octanol–water partition coefficient (Wildman–Crippen LogP) is 1.90. The van der Waals surface area contributed by atoms with Gasteiger partial charge in [-0.05, 0) is 32.0 Å². The first-order chi connectivity index (χ1) is 9.33. The third kappa shape index (κ3) is 2.19. The van der Waals surface area contributed by atoms with Gasteiger partial charge in [-0.2, -0.15) is 13.2 Å². The monoisotopic (exact) mass is 290 g/mol. The molecule has 1 aliphatic rings. The highest BCUT2D eigenvalue weighted by atomic mass is 19.4. The number of carbonyl (C=O) groups is 1. The lowest BCUT2D eigenvalue weighted by Crippen LogP contribution is -2.51. The van der Waals surface area contributed by atoms with Gasteiger partial charge in [-0.1, -0.05) is 0 Å². The minimum Gasteiger partial charge on any atom is -0.481 e. The Bertz CT molecular complexity index is 498. The molecule has 1 aliphatic heterocycles. The van der Waals surface area contributed by atoms with E-state index in [-0.39, 0.29) is 13.0 Å². The van der Waals surface area contributed by atoms with Crippen molar-refractivity contribution in [3.63, 3.8) is 0 Å². The van der Waals surface area contributed by atoms with Crippen molar-refractivity contribution in [3.8, 4) is 0 Å². The van der Waals surface area contributed by atoms with Crippen LogP contribution in [0.4, 0.5) is 13.2 Å². The molecule has 2 atom stereocenters. The van der Waals surface area contributed by atoms with Crippen LogP contribution in [0.3, 0.4) is 0 Å². The fourth-order valence-corrected chi connectivity index (χ4v) is 2.91.